The molecule has 1 fully saturated rings. The van der Waals surface area contributed by atoms with Crippen LogP contribution in [0, 0.1) is 0 Å². The fourth-order valence-corrected chi connectivity index (χ4v) is 3.80. The molecule has 1 atom stereocenters. The van der Waals surface area contributed by atoms with E-state index >= 15 is 0 Å². The van der Waals surface area contributed by atoms with Crippen molar-refractivity contribution >= 4 is 23.2 Å². The minimum atomic E-state index is -0.418. The second-order valence-corrected chi connectivity index (χ2v) is 7.40. The van der Waals surface area contributed by atoms with Gasteiger partial charge in [0.1, 0.15) is 17.9 Å². The molecule has 3 heterocycles. The average Bonchev–Trinajstić information content (AvgIpc) is 3.41. The van der Waals surface area contributed by atoms with Crippen LogP contribution in [0.25, 0.3) is 10.6 Å². The zero-order valence-corrected chi connectivity index (χ0v) is 15.4. The molecule has 1 amide bonds. The van der Waals surface area contributed by atoms with Crippen LogP contribution in [-0.4, -0.2) is 34.3 Å². The Morgan fingerprint density at radius 2 is 2.11 bits per heavy atom. The smallest absolute Gasteiger partial charge is 0.342 e. The van der Waals surface area contributed by atoms with Gasteiger partial charge in [0, 0.05) is 12.6 Å². The number of amides is 1. The Hall–Kier alpha value is -2.93. The third-order valence-electron chi connectivity index (χ3n) is 4.42. The third-order valence-corrected chi connectivity index (χ3v) is 5.30. The van der Waals surface area contributed by atoms with Crippen LogP contribution < -0.4 is 5.32 Å². The summed E-state index contributed by atoms with van der Waals surface area (Å²) in [4.78, 5) is 24.9. The summed E-state index contributed by atoms with van der Waals surface area (Å²) in [6.07, 6.45) is 2.91. The zero-order chi connectivity index (χ0) is 18.6. The average molecular weight is 381 g/mol. The molecule has 0 bridgehead atoms. The molecule has 1 N–H and O–H groups in total. The van der Waals surface area contributed by atoms with Gasteiger partial charge >= 0.3 is 5.97 Å². The van der Waals surface area contributed by atoms with Crippen LogP contribution in [0.4, 0.5) is 0 Å². The van der Waals surface area contributed by atoms with Crippen molar-refractivity contribution in [3.8, 4) is 10.6 Å². The van der Waals surface area contributed by atoms with E-state index in [2.05, 4.69) is 10.4 Å². The zero-order valence-electron chi connectivity index (χ0n) is 14.6. The summed E-state index contributed by atoms with van der Waals surface area (Å²) in [7, 11) is 0. The Morgan fingerprint density at radius 3 is 2.81 bits per heavy atom. The second-order valence-electron chi connectivity index (χ2n) is 6.45. The Labute approximate surface area is 160 Å². The fraction of sp³-hybridized carbons (Fsp3) is 0.250. The van der Waals surface area contributed by atoms with Crippen LogP contribution in [0.15, 0.2) is 54.0 Å². The van der Waals surface area contributed by atoms with Crippen LogP contribution in [0.3, 0.4) is 0 Å². The van der Waals surface area contributed by atoms with Crippen LogP contribution in [-0.2, 0) is 16.1 Å². The number of benzene rings is 1. The SMILES string of the molecule is O=C1CCC(COC(=O)c2cn(Cc3ccccc3)nc2-c2cccs2)N1. The Morgan fingerprint density at radius 1 is 1.26 bits per heavy atom. The molecule has 138 valence electrons. The molecule has 6 nitrogen and oxygen atoms in total. The first-order valence-corrected chi connectivity index (χ1v) is 9.69. The number of hydrogen-bond donors (Lipinski definition) is 1. The first kappa shape index (κ1) is 17.5. The highest BCUT2D eigenvalue weighted by Crippen LogP contribution is 2.27. The molecule has 1 aromatic carbocycles. The summed E-state index contributed by atoms with van der Waals surface area (Å²) in [6.45, 7) is 0.753. The van der Waals surface area contributed by atoms with Gasteiger partial charge in [-0.3, -0.25) is 9.48 Å². The second kappa shape index (κ2) is 7.75. The summed E-state index contributed by atoms with van der Waals surface area (Å²) >= 11 is 1.53. The summed E-state index contributed by atoms with van der Waals surface area (Å²) in [6, 6.07) is 13.7. The molecule has 1 saturated heterocycles. The minimum absolute atomic E-state index is 0.00556. The molecule has 27 heavy (non-hydrogen) atoms. The fourth-order valence-electron chi connectivity index (χ4n) is 3.07. The molecule has 0 spiro atoms. The highest BCUT2D eigenvalue weighted by atomic mass is 32.1. The number of ether oxygens (including phenoxy) is 1. The lowest BCUT2D eigenvalue weighted by atomic mass is 10.2. The maximum atomic E-state index is 12.7. The van der Waals surface area contributed by atoms with Crippen molar-refractivity contribution < 1.29 is 14.3 Å². The van der Waals surface area contributed by atoms with E-state index in [1.807, 2.05) is 47.8 Å². The van der Waals surface area contributed by atoms with Crippen molar-refractivity contribution in [3.05, 3.63) is 65.2 Å². The van der Waals surface area contributed by atoms with E-state index in [9.17, 15) is 9.59 Å². The highest BCUT2D eigenvalue weighted by molar-refractivity contribution is 7.13. The van der Waals surface area contributed by atoms with Crippen LogP contribution in [0.1, 0.15) is 28.8 Å². The number of carbonyl (C=O) groups excluding carboxylic acids is 2. The van der Waals surface area contributed by atoms with Crippen LogP contribution in [0.2, 0.25) is 0 Å². The van der Waals surface area contributed by atoms with Crippen molar-refractivity contribution in [2.45, 2.75) is 25.4 Å². The van der Waals surface area contributed by atoms with Gasteiger partial charge in [-0.15, -0.1) is 11.3 Å². The monoisotopic (exact) mass is 381 g/mol. The molecule has 7 heteroatoms. The number of thiophene rings is 1. The van der Waals surface area contributed by atoms with E-state index < -0.39 is 5.97 Å². The third kappa shape index (κ3) is 4.09. The van der Waals surface area contributed by atoms with E-state index in [1.165, 1.54) is 11.3 Å². The number of hydrogen-bond acceptors (Lipinski definition) is 5. The van der Waals surface area contributed by atoms with Crippen molar-refractivity contribution in [2.75, 3.05) is 6.61 Å². The molecular weight excluding hydrogens is 362 g/mol. The number of aromatic nitrogens is 2. The lowest BCUT2D eigenvalue weighted by Crippen LogP contribution is -2.30. The lowest BCUT2D eigenvalue weighted by molar-refractivity contribution is -0.119. The van der Waals surface area contributed by atoms with E-state index in [0.717, 1.165) is 10.4 Å². The number of esters is 1. The summed E-state index contributed by atoms with van der Waals surface area (Å²) in [5.74, 6) is -0.412. The standard InChI is InChI=1S/C20H19N3O3S/c24-18-9-8-15(21-18)13-26-20(25)16-12-23(11-14-5-2-1-3-6-14)22-19(16)17-7-4-10-27-17/h1-7,10,12,15H,8-9,11,13H2,(H,21,24). The molecular formula is C20H19N3O3S. The van der Waals surface area contributed by atoms with Gasteiger partial charge < -0.3 is 10.1 Å². The molecule has 1 aliphatic rings. The van der Waals surface area contributed by atoms with Gasteiger partial charge in [0.25, 0.3) is 0 Å². The van der Waals surface area contributed by atoms with E-state index in [-0.39, 0.29) is 18.6 Å². The lowest BCUT2D eigenvalue weighted by Gasteiger charge is -2.10. The predicted octanol–water partition coefficient (Wildman–Crippen LogP) is 3.10. The quantitative estimate of drug-likeness (QED) is 0.666. The van der Waals surface area contributed by atoms with Crippen molar-refractivity contribution in [2.24, 2.45) is 0 Å². The van der Waals surface area contributed by atoms with Crippen LogP contribution >= 0.6 is 11.3 Å². The van der Waals surface area contributed by atoms with Crippen molar-refractivity contribution in [3.63, 3.8) is 0 Å². The Balaban J connectivity index is 1.54. The minimum Gasteiger partial charge on any atom is -0.460 e. The molecule has 0 aliphatic carbocycles. The normalized spacial score (nSPS) is 16.3. The number of nitrogens with zero attached hydrogens (tertiary/aromatic N) is 2. The van der Waals surface area contributed by atoms with Gasteiger partial charge in [-0.25, -0.2) is 4.79 Å². The topological polar surface area (TPSA) is 73.2 Å². The molecule has 0 saturated carbocycles. The molecule has 1 unspecified atom stereocenters. The number of carbonyl (C=O) groups is 2. The summed E-state index contributed by atoms with van der Waals surface area (Å²) < 4.78 is 7.22. The van der Waals surface area contributed by atoms with Gasteiger partial charge in [0.15, 0.2) is 0 Å². The first-order valence-electron chi connectivity index (χ1n) is 8.81. The van der Waals surface area contributed by atoms with Gasteiger partial charge in [-0.1, -0.05) is 36.4 Å². The van der Waals surface area contributed by atoms with Gasteiger partial charge in [-0.2, -0.15) is 5.10 Å². The Kier molecular flexibility index (Phi) is 5.02. The van der Waals surface area contributed by atoms with Gasteiger partial charge in [0.2, 0.25) is 5.91 Å². The maximum absolute atomic E-state index is 12.7. The van der Waals surface area contributed by atoms with E-state index in [4.69, 9.17) is 4.74 Å². The molecule has 1 aliphatic heterocycles. The molecule has 3 aromatic rings. The molecule has 0 radical (unpaired) electrons. The highest BCUT2D eigenvalue weighted by Gasteiger charge is 2.24. The van der Waals surface area contributed by atoms with Crippen molar-refractivity contribution in [1.82, 2.24) is 15.1 Å². The van der Waals surface area contributed by atoms with Gasteiger partial charge in [-0.05, 0) is 23.4 Å². The number of nitrogens with one attached hydrogen (secondary N) is 1. The molecule has 2 aromatic heterocycles. The predicted molar refractivity (Wildman–Crippen MR) is 103 cm³/mol. The van der Waals surface area contributed by atoms with E-state index in [0.29, 0.717) is 30.6 Å². The Bertz CT molecular complexity index is 935. The first-order chi connectivity index (χ1) is 13.2. The van der Waals surface area contributed by atoms with Crippen LogP contribution in [0.5, 0.6) is 0 Å². The maximum Gasteiger partial charge on any atom is 0.342 e. The van der Waals surface area contributed by atoms with E-state index in [1.54, 1.807) is 10.9 Å². The number of rotatable bonds is 6. The summed E-state index contributed by atoms with van der Waals surface area (Å²) in [5, 5.41) is 9.38. The van der Waals surface area contributed by atoms with Crippen molar-refractivity contribution in [1.29, 1.82) is 0 Å². The largest absolute Gasteiger partial charge is 0.460 e. The van der Waals surface area contributed by atoms with Gasteiger partial charge in [0.05, 0.1) is 17.5 Å². The summed E-state index contributed by atoms with van der Waals surface area (Å²) in [5.41, 5.74) is 2.17. The molecule has 4 rings (SSSR count).